The number of piperidine rings is 2. The first kappa shape index (κ1) is 23.6. The number of rotatable bonds is 5. The molecule has 0 aliphatic carbocycles. The number of aromatic nitrogens is 5. The number of nitrogens with zero attached hydrogens (tertiary/aromatic N) is 7. The third-order valence-electron chi connectivity index (χ3n) is 6.84. The Bertz CT molecular complexity index is 1290. The molecule has 2 saturated heterocycles. The van der Waals surface area contributed by atoms with Crippen LogP contribution in [0.5, 0.6) is 0 Å². The molecule has 2 fully saturated rings. The third kappa shape index (κ3) is 4.98. The van der Waals surface area contributed by atoms with E-state index in [0.29, 0.717) is 62.2 Å². The van der Waals surface area contributed by atoms with Crippen molar-refractivity contribution in [1.29, 1.82) is 0 Å². The second kappa shape index (κ2) is 9.50. The Balaban J connectivity index is 1.17. The van der Waals surface area contributed by atoms with Crippen LogP contribution in [0.15, 0.2) is 41.3 Å². The molecule has 11 nitrogen and oxygen atoms in total. The number of anilines is 2. The zero-order valence-electron chi connectivity index (χ0n) is 19.9. The molecule has 5 rings (SSSR count). The van der Waals surface area contributed by atoms with E-state index >= 15 is 0 Å². The molecule has 2 aromatic heterocycles. The fourth-order valence-corrected chi connectivity index (χ4v) is 6.76. The van der Waals surface area contributed by atoms with Gasteiger partial charge in [-0.25, -0.2) is 8.42 Å². The molecule has 2 aliphatic rings. The number of hydrogen-bond acceptors (Lipinski definition) is 8. The van der Waals surface area contributed by atoms with Crippen LogP contribution < -0.4 is 10.2 Å². The Hall–Kier alpha value is -3.12. The van der Waals surface area contributed by atoms with Crippen molar-refractivity contribution in [3.05, 3.63) is 36.4 Å². The largest absolute Gasteiger partial charge is 0.355 e. The topological polar surface area (TPSA) is 126 Å². The fraction of sp³-hybridized carbons (Fsp3) is 0.522. The second-order valence-corrected chi connectivity index (χ2v) is 11.7. The number of nitrogens with one attached hydrogen (secondary N) is 1. The van der Waals surface area contributed by atoms with E-state index in [1.165, 1.54) is 4.63 Å². The van der Waals surface area contributed by atoms with Gasteiger partial charge in [0, 0.05) is 37.8 Å². The summed E-state index contributed by atoms with van der Waals surface area (Å²) in [4.78, 5) is 15.2. The molecule has 186 valence electrons. The molecule has 0 saturated carbocycles. The summed E-state index contributed by atoms with van der Waals surface area (Å²) < 4.78 is 29.1. The van der Waals surface area contributed by atoms with E-state index in [9.17, 15) is 13.2 Å². The fourth-order valence-electron chi connectivity index (χ4n) is 5.09. The van der Waals surface area contributed by atoms with Crippen molar-refractivity contribution >= 4 is 33.1 Å². The molecule has 1 amide bonds. The lowest BCUT2D eigenvalue weighted by molar-refractivity contribution is -0.120. The van der Waals surface area contributed by atoms with Gasteiger partial charge in [-0.1, -0.05) is 13.8 Å². The van der Waals surface area contributed by atoms with Crippen LogP contribution in [0.25, 0.3) is 5.65 Å². The molecule has 35 heavy (non-hydrogen) atoms. The SMILES string of the molecule is CC1CC(C)CN(S(=O)(=O)c2ccc(NC(=O)C3CCN(c4ccc5nnnn5n4)CC3)cc2)C1. The van der Waals surface area contributed by atoms with Crippen LogP contribution in [0.3, 0.4) is 0 Å². The number of amides is 1. The van der Waals surface area contributed by atoms with Gasteiger partial charge in [-0.2, -0.15) is 4.31 Å². The summed E-state index contributed by atoms with van der Waals surface area (Å²) in [5.41, 5.74) is 1.18. The van der Waals surface area contributed by atoms with Gasteiger partial charge < -0.3 is 10.2 Å². The maximum Gasteiger partial charge on any atom is 0.243 e. The van der Waals surface area contributed by atoms with Crippen LogP contribution in [-0.4, -0.2) is 70.1 Å². The maximum absolute atomic E-state index is 13.1. The molecule has 1 aromatic carbocycles. The highest BCUT2D eigenvalue weighted by molar-refractivity contribution is 7.89. The molecule has 4 heterocycles. The predicted octanol–water partition coefficient (Wildman–Crippen LogP) is 2.04. The summed E-state index contributed by atoms with van der Waals surface area (Å²) in [6.07, 6.45) is 2.43. The quantitative estimate of drug-likeness (QED) is 0.566. The maximum atomic E-state index is 13.1. The van der Waals surface area contributed by atoms with Crippen LogP contribution in [-0.2, 0) is 14.8 Å². The van der Waals surface area contributed by atoms with Gasteiger partial charge in [0.2, 0.25) is 15.9 Å². The number of fused-ring (bicyclic) bond motifs is 1. The number of hydrogen-bond donors (Lipinski definition) is 1. The molecular weight excluding hydrogens is 468 g/mol. The van der Waals surface area contributed by atoms with Gasteiger partial charge in [0.25, 0.3) is 0 Å². The lowest BCUT2D eigenvalue weighted by Crippen LogP contribution is -2.42. The number of sulfonamides is 1. The normalized spacial score (nSPS) is 22.4. The van der Waals surface area contributed by atoms with Crippen molar-refractivity contribution in [3.8, 4) is 0 Å². The van der Waals surface area contributed by atoms with Crippen LogP contribution in [0.1, 0.15) is 33.1 Å². The molecular formula is C23H30N8O3S. The van der Waals surface area contributed by atoms with E-state index in [2.05, 4.69) is 44.7 Å². The number of tetrazole rings is 1. The van der Waals surface area contributed by atoms with Crippen molar-refractivity contribution in [2.75, 3.05) is 36.4 Å². The van der Waals surface area contributed by atoms with Gasteiger partial charge in [-0.15, -0.1) is 14.8 Å². The van der Waals surface area contributed by atoms with Crippen LogP contribution >= 0.6 is 0 Å². The summed E-state index contributed by atoms with van der Waals surface area (Å²) >= 11 is 0. The van der Waals surface area contributed by atoms with Crippen molar-refractivity contribution in [2.24, 2.45) is 17.8 Å². The molecule has 1 N–H and O–H groups in total. The Morgan fingerprint density at radius 1 is 1.00 bits per heavy atom. The Morgan fingerprint density at radius 3 is 2.37 bits per heavy atom. The molecule has 2 atom stereocenters. The zero-order chi connectivity index (χ0) is 24.6. The molecule has 0 spiro atoms. The standard InChI is InChI=1S/C23H30N8O3S/c1-16-13-17(2)15-30(14-16)35(33,34)20-5-3-19(4-6-20)24-23(32)18-9-11-29(12-10-18)22-8-7-21-25-27-28-31(21)26-22/h3-8,16-18H,9-15H2,1-2H3,(H,24,32). The number of carbonyl (C=O) groups excluding carboxylic acids is 1. The molecule has 12 heteroatoms. The predicted molar refractivity (Wildman–Crippen MR) is 130 cm³/mol. The molecule has 3 aromatic rings. The Kier molecular flexibility index (Phi) is 6.41. The van der Waals surface area contributed by atoms with Crippen molar-refractivity contribution in [1.82, 2.24) is 29.6 Å². The minimum absolute atomic E-state index is 0.0529. The van der Waals surface area contributed by atoms with Crippen LogP contribution in [0.4, 0.5) is 11.5 Å². The molecule has 0 bridgehead atoms. The molecule has 0 radical (unpaired) electrons. The Morgan fingerprint density at radius 2 is 1.69 bits per heavy atom. The van der Waals surface area contributed by atoms with Crippen molar-refractivity contribution < 1.29 is 13.2 Å². The summed E-state index contributed by atoms with van der Waals surface area (Å²) in [6, 6.07) is 10.2. The highest BCUT2D eigenvalue weighted by atomic mass is 32.2. The first-order valence-electron chi connectivity index (χ1n) is 12.0. The van der Waals surface area contributed by atoms with E-state index in [4.69, 9.17) is 0 Å². The highest BCUT2D eigenvalue weighted by Crippen LogP contribution is 2.28. The van der Waals surface area contributed by atoms with E-state index in [1.54, 1.807) is 28.6 Å². The molecule has 2 aliphatic heterocycles. The average Bonchev–Trinajstić information content (AvgIpc) is 3.32. The van der Waals surface area contributed by atoms with Gasteiger partial charge >= 0.3 is 0 Å². The second-order valence-electron chi connectivity index (χ2n) is 9.76. The minimum Gasteiger partial charge on any atom is -0.355 e. The Labute approximate surface area is 204 Å². The van der Waals surface area contributed by atoms with Gasteiger partial charge in [-0.05, 0) is 77.9 Å². The van der Waals surface area contributed by atoms with Gasteiger partial charge in [-0.3, -0.25) is 4.79 Å². The van der Waals surface area contributed by atoms with E-state index < -0.39 is 10.0 Å². The lowest BCUT2D eigenvalue weighted by atomic mass is 9.94. The van der Waals surface area contributed by atoms with Crippen LogP contribution in [0, 0.1) is 17.8 Å². The first-order valence-corrected chi connectivity index (χ1v) is 13.4. The summed E-state index contributed by atoms with van der Waals surface area (Å²) in [6.45, 7) is 6.66. The minimum atomic E-state index is -3.54. The van der Waals surface area contributed by atoms with Gasteiger partial charge in [0.05, 0.1) is 4.90 Å². The smallest absolute Gasteiger partial charge is 0.243 e. The number of carbonyl (C=O) groups is 1. The highest BCUT2D eigenvalue weighted by Gasteiger charge is 2.32. The summed E-state index contributed by atoms with van der Waals surface area (Å²) in [5.74, 6) is 1.29. The summed E-state index contributed by atoms with van der Waals surface area (Å²) in [5, 5.41) is 18.7. The van der Waals surface area contributed by atoms with Crippen LogP contribution in [0.2, 0.25) is 0 Å². The van der Waals surface area contributed by atoms with Crippen molar-refractivity contribution in [3.63, 3.8) is 0 Å². The van der Waals surface area contributed by atoms with Gasteiger partial charge in [0.1, 0.15) is 0 Å². The lowest BCUT2D eigenvalue weighted by Gasteiger charge is -2.34. The van der Waals surface area contributed by atoms with Gasteiger partial charge in [0.15, 0.2) is 11.5 Å². The van der Waals surface area contributed by atoms with E-state index in [-0.39, 0.29) is 16.7 Å². The monoisotopic (exact) mass is 498 g/mol. The zero-order valence-corrected chi connectivity index (χ0v) is 20.7. The number of benzene rings is 1. The summed E-state index contributed by atoms with van der Waals surface area (Å²) in [7, 11) is -3.54. The molecule has 2 unspecified atom stereocenters. The van der Waals surface area contributed by atoms with E-state index in [1.807, 2.05) is 12.1 Å². The van der Waals surface area contributed by atoms with E-state index in [0.717, 1.165) is 12.2 Å². The van der Waals surface area contributed by atoms with Crippen molar-refractivity contribution in [2.45, 2.75) is 38.0 Å². The first-order chi connectivity index (χ1) is 16.8. The average molecular weight is 499 g/mol. The third-order valence-corrected chi connectivity index (χ3v) is 8.69.